The molecule has 0 aromatic carbocycles. The normalized spacial score (nSPS) is 28.8. The Morgan fingerprint density at radius 3 is 2.85 bits per heavy atom. The average Bonchev–Trinajstić information content (AvgIpc) is 2.97. The quantitative estimate of drug-likeness (QED) is 0.824. The molecular formula is C16H22N2O2. The van der Waals surface area contributed by atoms with Gasteiger partial charge < -0.3 is 10.4 Å². The molecule has 0 saturated heterocycles. The van der Waals surface area contributed by atoms with Crippen LogP contribution in [0.5, 0.6) is 0 Å². The molecule has 0 aliphatic heterocycles. The Morgan fingerprint density at radius 1 is 1.40 bits per heavy atom. The van der Waals surface area contributed by atoms with E-state index in [4.69, 9.17) is 0 Å². The molecule has 0 radical (unpaired) electrons. The van der Waals surface area contributed by atoms with Crippen LogP contribution in [-0.2, 0) is 11.2 Å². The van der Waals surface area contributed by atoms with Crippen LogP contribution in [0.2, 0.25) is 0 Å². The number of hydrogen-bond donors (Lipinski definition) is 2. The number of aliphatic hydroxyl groups excluding tert-OH is 1. The van der Waals surface area contributed by atoms with Crippen molar-refractivity contribution in [3.8, 4) is 0 Å². The maximum Gasteiger partial charge on any atom is 0.223 e. The maximum atomic E-state index is 12.1. The third-order valence-electron chi connectivity index (χ3n) is 4.76. The summed E-state index contributed by atoms with van der Waals surface area (Å²) >= 11 is 0. The molecule has 1 heterocycles. The van der Waals surface area contributed by atoms with Crippen LogP contribution in [-0.4, -0.2) is 29.1 Å². The van der Waals surface area contributed by atoms with E-state index in [0.29, 0.717) is 24.8 Å². The number of aliphatic hydroxyl groups is 1. The molecule has 0 bridgehead atoms. The van der Waals surface area contributed by atoms with Gasteiger partial charge in [-0.3, -0.25) is 9.78 Å². The summed E-state index contributed by atoms with van der Waals surface area (Å²) in [5.41, 5.74) is 0.962. The van der Waals surface area contributed by atoms with Crippen LogP contribution in [0.25, 0.3) is 0 Å². The molecule has 4 nitrogen and oxygen atoms in total. The van der Waals surface area contributed by atoms with E-state index in [1.165, 1.54) is 19.3 Å². The highest BCUT2D eigenvalue weighted by Crippen LogP contribution is 2.57. The number of aromatic nitrogens is 1. The summed E-state index contributed by atoms with van der Waals surface area (Å²) < 4.78 is 0. The number of pyridine rings is 1. The minimum atomic E-state index is 0.0486. The second-order valence-electron chi connectivity index (χ2n) is 6.10. The van der Waals surface area contributed by atoms with Gasteiger partial charge in [0.25, 0.3) is 0 Å². The Balaban J connectivity index is 1.45. The Kier molecular flexibility index (Phi) is 4.01. The van der Waals surface area contributed by atoms with E-state index in [-0.39, 0.29) is 24.3 Å². The van der Waals surface area contributed by atoms with Crippen LogP contribution in [0.3, 0.4) is 0 Å². The predicted molar refractivity (Wildman–Crippen MR) is 75.8 cm³/mol. The van der Waals surface area contributed by atoms with Crippen molar-refractivity contribution in [3.63, 3.8) is 0 Å². The number of rotatable bonds is 6. The van der Waals surface area contributed by atoms with Crippen molar-refractivity contribution in [3.05, 3.63) is 30.1 Å². The van der Waals surface area contributed by atoms with Gasteiger partial charge in [0.2, 0.25) is 5.91 Å². The first-order valence-corrected chi connectivity index (χ1v) is 7.58. The minimum Gasteiger partial charge on any atom is -0.396 e. The Morgan fingerprint density at radius 2 is 2.20 bits per heavy atom. The number of nitrogens with one attached hydrogen (secondary N) is 1. The van der Waals surface area contributed by atoms with Crippen LogP contribution in [0.4, 0.5) is 0 Å². The van der Waals surface area contributed by atoms with E-state index < -0.39 is 0 Å². The lowest BCUT2D eigenvalue weighted by molar-refractivity contribution is -0.123. The maximum absolute atomic E-state index is 12.1. The van der Waals surface area contributed by atoms with Crippen molar-refractivity contribution in [2.45, 2.75) is 25.7 Å². The van der Waals surface area contributed by atoms with Crippen molar-refractivity contribution in [1.29, 1.82) is 0 Å². The summed E-state index contributed by atoms with van der Waals surface area (Å²) in [5, 5.41) is 12.5. The SMILES string of the molecule is O=C(NCC(CO)Cc1ccccn1)C1C2CCCC21. The number of amides is 1. The molecule has 1 amide bonds. The lowest BCUT2D eigenvalue weighted by Gasteiger charge is -2.15. The van der Waals surface area contributed by atoms with Gasteiger partial charge >= 0.3 is 0 Å². The zero-order valence-electron chi connectivity index (χ0n) is 11.7. The van der Waals surface area contributed by atoms with Crippen molar-refractivity contribution in [1.82, 2.24) is 10.3 Å². The van der Waals surface area contributed by atoms with Gasteiger partial charge in [0.1, 0.15) is 0 Å². The lowest BCUT2D eigenvalue weighted by Crippen LogP contribution is -2.33. The summed E-state index contributed by atoms with van der Waals surface area (Å²) in [6.45, 7) is 0.621. The highest BCUT2D eigenvalue weighted by Gasteiger charge is 2.56. The Hall–Kier alpha value is -1.42. The van der Waals surface area contributed by atoms with Crippen molar-refractivity contribution in [2.75, 3.05) is 13.2 Å². The average molecular weight is 274 g/mol. The van der Waals surface area contributed by atoms with Crippen molar-refractivity contribution in [2.24, 2.45) is 23.7 Å². The van der Waals surface area contributed by atoms with Crippen LogP contribution < -0.4 is 5.32 Å². The highest BCUT2D eigenvalue weighted by atomic mass is 16.3. The zero-order chi connectivity index (χ0) is 13.9. The van der Waals surface area contributed by atoms with Crippen molar-refractivity contribution < 1.29 is 9.90 Å². The van der Waals surface area contributed by atoms with Crippen LogP contribution >= 0.6 is 0 Å². The summed E-state index contributed by atoms with van der Waals surface area (Å²) in [7, 11) is 0. The molecule has 3 atom stereocenters. The van der Waals surface area contributed by atoms with E-state index in [1.807, 2.05) is 18.2 Å². The smallest absolute Gasteiger partial charge is 0.223 e. The van der Waals surface area contributed by atoms with E-state index in [2.05, 4.69) is 10.3 Å². The van der Waals surface area contributed by atoms with E-state index in [9.17, 15) is 9.90 Å². The van der Waals surface area contributed by atoms with Gasteiger partial charge in [-0.25, -0.2) is 0 Å². The highest BCUT2D eigenvalue weighted by molar-refractivity contribution is 5.82. The topological polar surface area (TPSA) is 62.2 Å². The molecule has 4 heteroatoms. The molecule has 3 unspecified atom stereocenters. The molecule has 1 aromatic rings. The fourth-order valence-corrected chi connectivity index (χ4v) is 3.59. The summed E-state index contributed by atoms with van der Waals surface area (Å²) in [4.78, 5) is 16.3. The van der Waals surface area contributed by atoms with Gasteiger partial charge in [0.15, 0.2) is 0 Å². The molecule has 3 rings (SSSR count). The van der Waals surface area contributed by atoms with Gasteiger partial charge in [-0.2, -0.15) is 0 Å². The molecule has 2 aliphatic carbocycles. The van der Waals surface area contributed by atoms with Crippen molar-refractivity contribution >= 4 is 5.91 Å². The lowest BCUT2D eigenvalue weighted by atomic mass is 10.0. The third-order valence-corrected chi connectivity index (χ3v) is 4.76. The molecule has 0 spiro atoms. The number of carbonyl (C=O) groups excluding carboxylic acids is 1. The van der Waals surface area contributed by atoms with Gasteiger partial charge in [-0.05, 0) is 43.2 Å². The molecule has 2 N–H and O–H groups in total. The standard InChI is InChI=1S/C16H22N2O2/c19-10-11(8-12-4-1-2-7-17-12)9-18-16(20)15-13-5-3-6-14(13)15/h1-2,4,7,11,13-15,19H,3,5-6,8-10H2,(H,18,20). The third kappa shape index (κ3) is 2.85. The first-order valence-electron chi connectivity index (χ1n) is 7.58. The van der Waals surface area contributed by atoms with E-state index in [1.54, 1.807) is 6.20 Å². The number of hydrogen-bond acceptors (Lipinski definition) is 3. The second-order valence-corrected chi connectivity index (χ2v) is 6.10. The Labute approximate surface area is 119 Å². The molecule has 1 aromatic heterocycles. The van der Waals surface area contributed by atoms with Gasteiger partial charge in [0, 0.05) is 36.9 Å². The molecular weight excluding hydrogens is 252 g/mol. The summed E-state index contributed by atoms with van der Waals surface area (Å²) in [6, 6.07) is 5.78. The minimum absolute atomic E-state index is 0.0486. The zero-order valence-corrected chi connectivity index (χ0v) is 11.7. The van der Waals surface area contributed by atoms with Crippen LogP contribution in [0.15, 0.2) is 24.4 Å². The molecule has 20 heavy (non-hydrogen) atoms. The molecule has 2 saturated carbocycles. The second kappa shape index (κ2) is 5.92. The number of nitrogens with zero attached hydrogens (tertiary/aromatic N) is 1. The summed E-state index contributed by atoms with van der Waals surface area (Å²) in [6.07, 6.45) is 6.20. The fourth-order valence-electron chi connectivity index (χ4n) is 3.59. The van der Waals surface area contributed by atoms with Gasteiger partial charge in [-0.15, -0.1) is 0 Å². The van der Waals surface area contributed by atoms with E-state index >= 15 is 0 Å². The first kappa shape index (κ1) is 13.6. The number of fused-ring (bicyclic) bond motifs is 1. The van der Waals surface area contributed by atoms with E-state index in [0.717, 1.165) is 5.69 Å². The first-order chi connectivity index (χ1) is 9.79. The predicted octanol–water partition coefficient (Wildman–Crippen LogP) is 1.39. The molecule has 2 aliphatic rings. The van der Waals surface area contributed by atoms with Crippen LogP contribution in [0, 0.1) is 23.7 Å². The molecule has 2 fully saturated rings. The van der Waals surface area contributed by atoms with Gasteiger partial charge in [-0.1, -0.05) is 12.5 Å². The van der Waals surface area contributed by atoms with Gasteiger partial charge in [0.05, 0.1) is 0 Å². The Bertz CT molecular complexity index is 453. The fraction of sp³-hybridized carbons (Fsp3) is 0.625. The molecule has 108 valence electrons. The monoisotopic (exact) mass is 274 g/mol. The number of carbonyl (C=O) groups is 1. The van der Waals surface area contributed by atoms with Crippen LogP contribution in [0.1, 0.15) is 25.0 Å². The largest absolute Gasteiger partial charge is 0.396 e. The summed E-state index contributed by atoms with van der Waals surface area (Å²) in [5.74, 6) is 1.81.